The van der Waals surface area contributed by atoms with Crippen molar-refractivity contribution >= 4 is 28.8 Å². The molecule has 0 radical (unpaired) electrons. The minimum Gasteiger partial charge on any atom is -0.349 e. The van der Waals surface area contributed by atoms with Gasteiger partial charge in [0.25, 0.3) is 5.91 Å². The lowest BCUT2D eigenvalue weighted by Crippen LogP contribution is -2.43. The van der Waals surface area contributed by atoms with Crippen molar-refractivity contribution in [2.45, 2.75) is 56.6 Å². The van der Waals surface area contributed by atoms with Crippen molar-refractivity contribution in [1.82, 2.24) is 19.9 Å². The van der Waals surface area contributed by atoms with Gasteiger partial charge in [-0.3, -0.25) is 9.36 Å². The molecule has 0 saturated heterocycles. The molecule has 0 aliphatic heterocycles. The van der Waals surface area contributed by atoms with Crippen LogP contribution in [0.5, 0.6) is 0 Å². The molecular weight excluding hydrogens is 471 g/mol. The smallest absolute Gasteiger partial charge is 0.251 e. The number of nitrogens with zero attached hydrogens (tertiary/aromatic N) is 3. The van der Waals surface area contributed by atoms with E-state index in [-0.39, 0.29) is 17.8 Å². The molecule has 36 heavy (non-hydrogen) atoms. The minimum absolute atomic E-state index is 0.00594. The first kappa shape index (κ1) is 24.5. The molecule has 0 unspecified atom stereocenters. The Kier molecular flexibility index (Phi) is 7.37. The van der Waals surface area contributed by atoms with Crippen LogP contribution in [-0.4, -0.2) is 26.5 Å². The van der Waals surface area contributed by atoms with Crippen LogP contribution in [0.4, 0.5) is 4.39 Å². The number of thioether (sulfide) groups is 1. The van der Waals surface area contributed by atoms with Gasteiger partial charge in [-0.2, -0.15) is 0 Å². The van der Waals surface area contributed by atoms with Gasteiger partial charge in [0.05, 0.1) is 6.54 Å². The third kappa shape index (κ3) is 5.46. The monoisotopic (exact) mass is 502 g/mol. The zero-order chi connectivity index (χ0) is 25.1. The number of amides is 1. The summed E-state index contributed by atoms with van der Waals surface area (Å²) in [6, 6.07) is 18.5. The van der Waals surface area contributed by atoms with Crippen molar-refractivity contribution in [2.24, 2.45) is 11.8 Å². The fraction of sp³-hybridized carbons (Fsp3) is 0.345. The molecule has 0 bridgehead atoms. The van der Waals surface area contributed by atoms with E-state index in [4.69, 9.17) is 4.98 Å². The van der Waals surface area contributed by atoms with E-state index in [0.29, 0.717) is 29.7 Å². The summed E-state index contributed by atoms with van der Waals surface area (Å²) in [4.78, 5) is 22.2. The van der Waals surface area contributed by atoms with Gasteiger partial charge in [-0.25, -0.2) is 14.4 Å². The second kappa shape index (κ2) is 10.8. The number of hydrogen-bond donors (Lipinski definition) is 1. The summed E-state index contributed by atoms with van der Waals surface area (Å²) in [6.07, 6.45) is 5.22. The molecule has 2 aromatic carbocycles. The maximum absolute atomic E-state index is 13.6. The average Bonchev–Trinajstić information content (AvgIpc) is 3.23. The second-order valence-electron chi connectivity index (χ2n) is 9.79. The number of aromatic nitrogens is 3. The Morgan fingerprint density at radius 2 is 1.92 bits per heavy atom. The van der Waals surface area contributed by atoms with Crippen LogP contribution in [0.15, 0.2) is 72.0 Å². The second-order valence-corrected chi connectivity index (χ2v) is 10.7. The van der Waals surface area contributed by atoms with Gasteiger partial charge in [0.15, 0.2) is 10.8 Å². The largest absolute Gasteiger partial charge is 0.349 e. The molecule has 5 rings (SSSR count). The van der Waals surface area contributed by atoms with Gasteiger partial charge in [-0.05, 0) is 65.8 Å². The summed E-state index contributed by atoms with van der Waals surface area (Å²) in [7, 11) is 0. The minimum atomic E-state index is -0.236. The highest BCUT2D eigenvalue weighted by atomic mass is 32.2. The van der Waals surface area contributed by atoms with E-state index in [2.05, 4.69) is 28.7 Å². The third-order valence-electron chi connectivity index (χ3n) is 7.31. The molecule has 4 aromatic rings. The molecule has 2 aromatic heterocycles. The van der Waals surface area contributed by atoms with Gasteiger partial charge in [-0.1, -0.05) is 62.7 Å². The number of halogens is 1. The fourth-order valence-corrected chi connectivity index (χ4v) is 5.89. The van der Waals surface area contributed by atoms with Crippen molar-refractivity contribution in [1.29, 1.82) is 0 Å². The van der Waals surface area contributed by atoms with E-state index in [1.807, 2.05) is 42.5 Å². The van der Waals surface area contributed by atoms with Crippen molar-refractivity contribution in [3.05, 3.63) is 89.4 Å². The van der Waals surface area contributed by atoms with E-state index in [1.165, 1.54) is 18.9 Å². The summed E-state index contributed by atoms with van der Waals surface area (Å²) < 4.78 is 15.7. The van der Waals surface area contributed by atoms with Crippen molar-refractivity contribution < 1.29 is 9.18 Å². The summed E-state index contributed by atoms with van der Waals surface area (Å²) >= 11 is 1.56. The van der Waals surface area contributed by atoms with Crippen molar-refractivity contribution in [3.8, 4) is 0 Å². The summed E-state index contributed by atoms with van der Waals surface area (Å²) in [5.41, 5.74) is 4.28. The maximum Gasteiger partial charge on any atom is 0.251 e. The Balaban J connectivity index is 1.31. The van der Waals surface area contributed by atoms with Gasteiger partial charge in [-0.15, -0.1) is 0 Å². The Bertz CT molecular complexity index is 1350. The Labute approximate surface area is 215 Å². The molecule has 1 aliphatic rings. The number of carbonyl (C=O) groups excluding carboxylic acids is 1. The molecule has 2 heterocycles. The molecular formula is C29H31FN4OS. The van der Waals surface area contributed by atoms with Crippen LogP contribution in [0.1, 0.15) is 54.6 Å². The number of nitrogens with one attached hydrogen (secondary N) is 1. The maximum atomic E-state index is 13.6. The van der Waals surface area contributed by atoms with Crippen LogP contribution in [-0.2, 0) is 12.3 Å². The molecule has 5 nitrogen and oxygen atoms in total. The average molecular weight is 503 g/mol. The van der Waals surface area contributed by atoms with Gasteiger partial charge >= 0.3 is 0 Å². The van der Waals surface area contributed by atoms with E-state index < -0.39 is 0 Å². The number of hydrogen-bond acceptors (Lipinski definition) is 4. The molecule has 1 saturated carbocycles. The van der Waals surface area contributed by atoms with E-state index in [0.717, 1.165) is 33.9 Å². The molecule has 7 heteroatoms. The first-order chi connectivity index (χ1) is 17.5. The molecule has 0 spiro atoms. The van der Waals surface area contributed by atoms with Crippen LogP contribution in [0.2, 0.25) is 0 Å². The quantitative estimate of drug-likeness (QED) is 0.295. The number of imidazole rings is 1. The lowest BCUT2D eigenvalue weighted by Gasteiger charge is -2.34. The lowest BCUT2D eigenvalue weighted by atomic mass is 9.78. The number of fused-ring (bicyclic) bond motifs is 1. The van der Waals surface area contributed by atoms with Crippen LogP contribution >= 0.6 is 11.8 Å². The highest BCUT2D eigenvalue weighted by Crippen LogP contribution is 2.30. The SMILES string of the molecule is C[C@@H]1[C@H](C)CCC[C@@H]1NC(=O)c1ccc(Cn2c(SCc3cccc(F)c3)nc3cccnc32)cc1. The van der Waals surface area contributed by atoms with Gasteiger partial charge < -0.3 is 5.32 Å². The highest BCUT2D eigenvalue weighted by molar-refractivity contribution is 7.98. The van der Waals surface area contributed by atoms with Crippen LogP contribution in [0.3, 0.4) is 0 Å². The van der Waals surface area contributed by atoms with Crippen LogP contribution in [0, 0.1) is 17.7 Å². The highest BCUT2D eigenvalue weighted by Gasteiger charge is 2.28. The van der Waals surface area contributed by atoms with Crippen LogP contribution in [0.25, 0.3) is 11.2 Å². The third-order valence-corrected chi connectivity index (χ3v) is 8.35. The first-order valence-corrected chi connectivity index (χ1v) is 13.5. The molecule has 3 atom stereocenters. The summed E-state index contributed by atoms with van der Waals surface area (Å²) in [5, 5.41) is 4.08. The van der Waals surface area contributed by atoms with E-state index in [1.54, 1.807) is 30.1 Å². The van der Waals surface area contributed by atoms with Gasteiger partial charge in [0.2, 0.25) is 0 Å². The Morgan fingerprint density at radius 1 is 1.08 bits per heavy atom. The standard InChI is InChI=1S/C29H31FN4OS/c1-19-6-3-9-25(20(19)2)32-28(35)23-13-11-21(12-14-23)17-34-27-26(10-5-15-31-27)33-29(34)36-18-22-7-4-8-24(30)16-22/h4-5,7-8,10-16,19-20,25H,3,6,9,17-18H2,1-2H3,(H,32,35)/t19-,20-,25+/m1/s1. The van der Waals surface area contributed by atoms with Gasteiger partial charge in [0.1, 0.15) is 11.3 Å². The predicted octanol–water partition coefficient (Wildman–Crippen LogP) is 6.47. The number of pyridine rings is 1. The molecule has 1 fully saturated rings. The van der Waals surface area contributed by atoms with E-state index >= 15 is 0 Å². The molecule has 1 N–H and O–H groups in total. The lowest BCUT2D eigenvalue weighted by molar-refractivity contribution is 0.0891. The fourth-order valence-electron chi connectivity index (χ4n) is 4.95. The molecule has 186 valence electrons. The number of rotatable bonds is 7. The van der Waals surface area contributed by atoms with Gasteiger partial charge in [0, 0.05) is 23.6 Å². The van der Waals surface area contributed by atoms with Crippen LogP contribution < -0.4 is 5.32 Å². The Hall–Kier alpha value is -3.19. The summed E-state index contributed by atoms with van der Waals surface area (Å²) in [6.45, 7) is 5.10. The normalized spacial score (nSPS) is 19.9. The number of benzene rings is 2. The summed E-state index contributed by atoms with van der Waals surface area (Å²) in [5.74, 6) is 1.50. The Morgan fingerprint density at radius 3 is 2.72 bits per heavy atom. The molecule has 1 aliphatic carbocycles. The predicted molar refractivity (Wildman–Crippen MR) is 142 cm³/mol. The number of carbonyl (C=O) groups is 1. The zero-order valence-corrected chi connectivity index (χ0v) is 21.5. The topological polar surface area (TPSA) is 59.8 Å². The molecule has 1 amide bonds. The van der Waals surface area contributed by atoms with E-state index in [9.17, 15) is 9.18 Å². The van der Waals surface area contributed by atoms with Crippen molar-refractivity contribution in [2.75, 3.05) is 0 Å². The first-order valence-electron chi connectivity index (χ1n) is 12.6. The zero-order valence-electron chi connectivity index (χ0n) is 20.7. The van der Waals surface area contributed by atoms with Crippen molar-refractivity contribution in [3.63, 3.8) is 0 Å².